The van der Waals surface area contributed by atoms with Crippen LogP contribution in [-0.4, -0.2) is 35.6 Å². The van der Waals surface area contributed by atoms with Crippen LogP contribution in [0.1, 0.15) is 38.3 Å². The molecule has 2 aromatic heterocycles. The van der Waals surface area contributed by atoms with E-state index in [1.54, 1.807) is 12.7 Å². The van der Waals surface area contributed by atoms with E-state index in [4.69, 9.17) is 0 Å². The van der Waals surface area contributed by atoms with Crippen LogP contribution in [0.5, 0.6) is 0 Å². The van der Waals surface area contributed by atoms with Gasteiger partial charge in [-0.15, -0.1) is 0 Å². The molecule has 0 aliphatic heterocycles. The van der Waals surface area contributed by atoms with Crippen LogP contribution in [-0.2, 0) is 19.6 Å². The van der Waals surface area contributed by atoms with E-state index < -0.39 is 0 Å². The Labute approximate surface area is 118 Å². The van der Waals surface area contributed by atoms with Crippen molar-refractivity contribution in [2.45, 2.75) is 52.4 Å². The van der Waals surface area contributed by atoms with Gasteiger partial charge in [0.2, 0.25) is 0 Å². The van der Waals surface area contributed by atoms with Crippen molar-refractivity contribution in [3.8, 4) is 0 Å². The molecule has 1 aliphatic rings. The third-order valence-electron chi connectivity index (χ3n) is 3.25. The maximum absolute atomic E-state index is 4.47. The lowest BCUT2D eigenvalue weighted by atomic mass is 10.2. The molecule has 0 bridgehead atoms. The van der Waals surface area contributed by atoms with Gasteiger partial charge in [0.15, 0.2) is 5.82 Å². The number of nitrogens with zero attached hydrogens (tertiary/aromatic N) is 6. The Morgan fingerprint density at radius 3 is 2.95 bits per heavy atom. The summed E-state index contributed by atoms with van der Waals surface area (Å²) in [6.07, 6.45) is 5.92. The average Bonchev–Trinajstić information content (AvgIpc) is 2.98. The highest BCUT2D eigenvalue weighted by molar-refractivity contribution is 4.90. The molecule has 2 aromatic rings. The summed E-state index contributed by atoms with van der Waals surface area (Å²) < 4.78 is 3.76. The fraction of sp³-hybridized carbons (Fsp3) is 0.692. The van der Waals surface area contributed by atoms with Crippen LogP contribution in [0.15, 0.2) is 12.7 Å². The molecule has 1 saturated carbocycles. The van der Waals surface area contributed by atoms with Gasteiger partial charge < -0.3 is 5.32 Å². The average molecular weight is 275 g/mol. The van der Waals surface area contributed by atoms with Crippen molar-refractivity contribution in [2.24, 2.45) is 5.92 Å². The quantitative estimate of drug-likeness (QED) is 0.810. The second kappa shape index (κ2) is 5.70. The molecule has 1 aliphatic carbocycles. The molecular formula is C13H21N7. The fourth-order valence-corrected chi connectivity index (χ4v) is 2.07. The van der Waals surface area contributed by atoms with E-state index in [0.717, 1.165) is 24.7 Å². The second-order valence-corrected chi connectivity index (χ2v) is 5.77. The normalized spacial score (nSPS) is 15.2. The van der Waals surface area contributed by atoms with Gasteiger partial charge >= 0.3 is 0 Å². The molecule has 0 amide bonds. The van der Waals surface area contributed by atoms with Gasteiger partial charge in [0.1, 0.15) is 25.0 Å². The van der Waals surface area contributed by atoms with Gasteiger partial charge in [-0.2, -0.15) is 10.2 Å². The summed E-state index contributed by atoms with van der Waals surface area (Å²) in [5, 5.41) is 12.1. The molecular weight excluding hydrogens is 254 g/mol. The number of hydrogen-bond donors (Lipinski definition) is 1. The van der Waals surface area contributed by atoms with Crippen LogP contribution in [0.4, 0.5) is 0 Å². The third-order valence-corrected chi connectivity index (χ3v) is 3.25. The van der Waals surface area contributed by atoms with Crippen LogP contribution >= 0.6 is 0 Å². The Bertz CT molecular complexity index is 553. The standard InChI is InChI=1S/C13H21N7/c1-10(2)6-20-13(15-8-17-20)7-19-9-16-12(18-19)5-14-11-3-4-11/h8-11,14H,3-7H2,1-2H3. The molecule has 0 atom stereocenters. The topological polar surface area (TPSA) is 73.5 Å². The van der Waals surface area contributed by atoms with Crippen molar-refractivity contribution in [1.82, 2.24) is 34.8 Å². The Hall–Kier alpha value is -1.76. The summed E-state index contributed by atoms with van der Waals surface area (Å²) in [6.45, 7) is 6.57. The van der Waals surface area contributed by atoms with Crippen LogP contribution in [0.2, 0.25) is 0 Å². The summed E-state index contributed by atoms with van der Waals surface area (Å²) in [5.41, 5.74) is 0. The molecule has 1 N–H and O–H groups in total. The second-order valence-electron chi connectivity index (χ2n) is 5.77. The number of nitrogens with one attached hydrogen (secondary N) is 1. The van der Waals surface area contributed by atoms with Gasteiger partial charge in [-0.1, -0.05) is 13.8 Å². The SMILES string of the molecule is CC(C)Cn1ncnc1Cn1cnc(CNC2CC2)n1. The largest absolute Gasteiger partial charge is 0.307 e. The molecule has 108 valence electrons. The van der Waals surface area contributed by atoms with Crippen LogP contribution in [0, 0.1) is 5.92 Å². The van der Waals surface area contributed by atoms with Crippen LogP contribution < -0.4 is 5.32 Å². The highest BCUT2D eigenvalue weighted by atomic mass is 15.4. The first-order chi connectivity index (χ1) is 9.70. The molecule has 0 aromatic carbocycles. The smallest absolute Gasteiger partial charge is 0.164 e. The van der Waals surface area contributed by atoms with Crippen molar-refractivity contribution in [1.29, 1.82) is 0 Å². The van der Waals surface area contributed by atoms with E-state index in [1.165, 1.54) is 12.8 Å². The van der Waals surface area contributed by atoms with Gasteiger partial charge in [0, 0.05) is 12.6 Å². The predicted molar refractivity (Wildman–Crippen MR) is 73.8 cm³/mol. The van der Waals surface area contributed by atoms with Gasteiger partial charge in [0.05, 0.1) is 6.54 Å². The Kier molecular flexibility index (Phi) is 3.77. The fourth-order valence-electron chi connectivity index (χ4n) is 2.07. The molecule has 0 saturated heterocycles. The zero-order chi connectivity index (χ0) is 13.9. The Morgan fingerprint density at radius 1 is 1.35 bits per heavy atom. The van der Waals surface area contributed by atoms with E-state index >= 15 is 0 Å². The first-order valence-electron chi connectivity index (χ1n) is 7.19. The van der Waals surface area contributed by atoms with E-state index in [0.29, 0.717) is 18.5 Å². The molecule has 20 heavy (non-hydrogen) atoms. The molecule has 0 spiro atoms. The van der Waals surface area contributed by atoms with Crippen molar-refractivity contribution in [2.75, 3.05) is 0 Å². The third kappa shape index (κ3) is 3.41. The molecule has 2 heterocycles. The van der Waals surface area contributed by atoms with E-state index in [-0.39, 0.29) is 0 Å². The summed E-state index contributed by atoms with van der Waals surface area (Å²) in [6, 6.07) is 0.677. The van der Waals surface area contributed by atoms with E-state index in [2.05, 4.69) is 39.3 Å². The lowest BCUT2D eigenvalue weighted by Gasteiger charge is -2.08. The minimum absolute atomic E-state index is 0.546. The van der Waals surface area contributed by atoms with Crippen molar-refractivity contribution >= 4 is 0 Å². The molecule has 7 heteroatoms. The monoisotopic (exact) mass is 275 g/mol. The summed E-state index contributed by atoms with van der Waals surface area (Å²) in [5.74, 6) is 2.31. The van der Waals surface area contributed by atoms with Gasteiger partial charge in [-0.05, 0) is 18.8 Å². The molecule has 1 fully saturated rings. The lowest BCUT2D eigenvalue weighted by molar-refractivity contribution is 0.455. The summed E-state index contributed by atoms with van der Waals surface area (Å²) in [4.78, 5) is 8.62. The molecule has 3 rings (SSSR count). The molecule has 7 nitrogen and oxygen atoms in total. The maximum atomic E-state index is 4.47. The lowest BCUT2D eigenvalue weighted by Crippen LogP contribution is -2.17. The number of rotatable bonds is 7. The molecule has 0 unspecified atom stereocenters. The number of aromatic nitrogens is 6. The van der Waals surface area contributed by atoms with Crippen LogP contribution in [0.25, 0.3) is 0 Å². The predicted octanol–water partition coefficient (Wildman–Crippen LogP) is 0.826. The highest BCUT2D eigenvalue weighted by Crippen LogP contribution is 2.18. The highest BCUT2D eigenvalue weighted by Gasteiger charge is 2.20. The Balaban J connectivity index is 1.60. The van der Waals surface area contributed by atoms with Gasteiger partial charge in [0.25, 0.3) is 0 Å². The van der Waals surface area contributed by atoms with Crippen molar-refractivity contribution in [3.05, 3.63) is 24.3 Å². The van der Waals surface area contributed by atoms with Crippen molar-refractivity contribution < 1.29 is 0 Å². The molecule has 0 radical (unpaired) electrons. The zero-order valence-corrected chi connectivity index (χ0v) is 12.0. The summed E-state index contributed by atoms with van der Waals surface area (Å²) in [7, 11) is 0. The Morgan fingerprint density at radius 2 is 2.20 bits per heavy atom. The zero-order valence-electron chi connectivity index (χ0n) is 12.0. The first kappa shape index (κ1) is 13.2. The van der Waals surface area contributed by atoms with Crippen molar-refractivity contribution in [3.63, 3.8) is 0 Å². The van der Waals surface area contributed by atoms with Crippen LogP contribution in [0.3, 0.4) is 0 Å². The summed E-state index contributed by atoms with van der Waals surface area (Å²) >= 11 is 0. The van der Waals surface area contributed by atoms with Gasteiger partial charge in [-0.3, -0.25) is 0 Å². The van der Waals surface area contributed by atoms with E-state index in [1.807, 2.05) is 9.36 Å². The first-order valence-corrected chi connectivity index (χ1v) is 7.19. The maximum Gasteiger partial charge on any atom is 0.164 e. The number of hydrogen-bond acceptors (Lipinski definition) is 5. The van der Waals surface area contributed by atoms with Gasteiger partial charge in [-0.25, -0.2) is 19.3 Å². The van der Waals surface area contributed by atoms with E-state index in [9.17, 15) is 0 Å². The minimum atomic E-state index is 0.546. The minimum Gasteiger partial charge on any atom is -0.307 e.